The van der Waals surface area contributed by atoms with Crippen LogP contribution in [0.25, 0.3) is 0 Å². The molecule has 0 radical (unpaired) electrons. The molecule has 1 aliphatic rings. The molecule has 3 rings (SSSR count). The van der Waals surface area contributed by atoms with Crippen LogP contribution >= 0.6 is 11.3 Å². The van der Waals surface area contributed by atoms with Crippen LogP contribution in [0.1, 0.15) is 19.8 Å². The number of hydrogen-bond acceptors (Lipinski definition) is 5. The molecule has 26 heavy (non-hydrogen) atoms. The number of nitrogens with zero attached hydrogens (tertiary/aromatic N) is 2. The number of rotatable bonds is 5. The maximum atomic E-state index is 12.4. The number of anilines is 2. The Labute approximate surface area is 156 Å². The Bertz CT molecular complexity index is 725. The Morgan fingerprint density at radius 2 is 1.96 bits per heavy atom. The first-order valence-corrected chi connectivity index (χ1v) is 9.53. The largest absolute Gasteiger partial charge is 0.494 e. The molecule has 2 N–H and O–H groups in total. The number of aromatic nitrogens is 1. The average Bonchev–Trinajstić information content (AvgIpc) is 3.16. The van der Waals surface area contributed by atoms with Crippen molar-refractivity contribution in [1.29, 1.82) is 0 Å². The number of carbonyl (C=O) groups is 2. The normalized spacial score (nSPS) is 14.7. The number of nitrogens with one attached hydrogen (secondary N) is 2. The monoisotopic (exact) mass is 374 g/mol. The highest BCUT2D eigenvalue weighted by Gasteiger charge is 2.27. The Morgan fingerprint density at radius 1 is 1.23 bits per heavy atom. The van der Waals surface area contributed by atoms with Crippen LogP contribution < -0.4 is 15.4 Å². The van der Waals surface area contributed by atoms with Gasteiger partial charge in [-0.15, -0.1) is 11.3 Å². The number of benzene rings is 1. The van der Waals surface area contributed by atoms with E-state index < -0.39 is 0 Å². The molecule has 1 aromatic heterocycles. The molecule has 0 unspecified atom stereocenters. The Hall–Kier alpha value is -2.61. The van der Waals surface area contributed by atoms with E-state index in [2.05, 4.69) is 15.6 Å². The highest BCUT2D eigenvalue weighted by atomic mass is 32.1. The van der Waals surface area contributed by atoms with Gasteiger partial charge >= 0.3 is 6.03 Å². The molecule has 1 saturated heterocycles. The smallest absolute Gasteiger partial charge is 0.321 e. The molecule has 3 amide bonds. The molecule has 0 aliphatic carbocycles. The minimum absolute atomic E-state index is 0.0217. The SMILES string of the molecule is CCOc1ccc(NC(=O)N2CCC(C(=O)Nc3nccs3)CC2)cc1. The van der Waals surface area contributed by atoms with Crippen molar-refractivity contribution in [1.82, 2.24) is 9.88 Å². The number of urea groups is 1. The summed E-state index contributed by atoms with van der Waals surface area (Å²) in [5.74, 6) is 0.664. The van der Waals surface area contributed by atoms with Gasteiger partial charge < -0.3 is 20.3 Å². The number of carbonyl (C=O) groups excluding carboxylic acids is 2. The van der Waals surface area contributed by atoms with Crippen molar-refractivity contribution in [3.63, 3.8) is 0 Å². The quantitative estimate of drug-likeness (QED) is 0.840. The highest BCUT2D eigenvalue weighted by Crippen LogP contribution is 2.22. The number of ether oxygens (including phenoxy) is 1. The van der Waals surface area contributed by atoms with Crippen LogP contribution in [-0.4, -0.2) is 41.5 Å². The van der Waals surface area contributed by atoms with E-state index in [0.717, 1.165) is 11.4 Å². The number of thiazole rings is 1. The lowest BCUT2D eigenvalue weighted by molar-refractivity contribution is -0.121. The molecule has 1 aromatic carbocycles. The van der Waals surface area contributed by atoms with Gasteiger partial charge in [0.25, 0.3) is 0 Å². The summed E-state index contributed by atoms with van der Waals surface area (Å²) < 4.78 is 5.39. The first-order valence-electron chi connectivity index (χ1n) is 8.65. The van der Waals surface area contributed by atoms with Gasteiger partial charge in [0.15, 0.2) is 5.13 Å². The van der Waals surface area contributed by atoms with Crippen LogP contribution in [0.5, 0.6) is 5.75 Å². The molecule has 7 nitrogen and oxygen atoms in total. The minimum atomic E-state index is -0.145. The predicted octanol–water partition coefficient (Wildman–Crippen LogP) is 3.42. The summed E-state index contributed by atoms with van der Waals surface area (Å²) in [6.45, 7) is 3.64. The Balaban J connectivity index is 1.46. The molecule has 0 atom stereocenters. The van der Waals surface area contributed by atoms with E-state index in [1.165, 1.54) is 11.3 Å². The zero-order valence-electron chi connectivity index (χ0n) is 14.6. The van der Waals surface area contributed by atoms with E-state index in [9.17, 15) is 9.59 Å². The van der Waals surface area contributed by atoms with Gasteiger partial charge in [-0.05, 0) is 44.0 Å². The molecule has 0 saturated carbocycles. The lowest BCUT2D eigenvalue weighted by atomic mass is 9.96. The highest BCUT2D eigenvalue weighted by molar-refractivity contribution is 7.13. The van der Waals surface area contributed by atoms with Gasteiger partial charge in [-0.2, -0.15) is 0 Å². The van der Waals surface area contributed by atoms with E-state index in [-0.39, 0.29) is 17.9 Å². The van der Waals surface area contributed by atoms with E-state index >= 15 is 0 Å². The summed E-state index contributed by atoms with van der Waals surface area (Å²) in [7, 11) is 0. The van der Waals surface area contributed by atoms with Crippen molar-refractivity contribution >= 4 is 34.1 Å². The van der Waals surface area contributed by atoms with Crippen molar-refractivity contribution in [3.05, 3.63) is 35.8 Å². The molecule has 2 heterocycles. The molecular weight excluding hydrogens is 352 g/mol. The fourth-order valence-corrected chi connectivity index (χ4v) is 3.37. The summed E-state index contributed by atoms with van der Waals surface area (Å²) in [5, 5.41) is 8.15. The van der Waals surface area contributed by atoms with Crippen molar-refractivity contribution in [3.8, 4) is 5.75 Å². The molecular formula is C18H22N4O3S. The summed E-state index contributed by atoms with van der Waals surface area (Å²) in [6.07, 6.45) is 2.95. The summed E-state index contributed by atoms with van der Waals surface area (Å²) in [6, 6.07) is 7.14. The van der Waals surface area contributed by atoms with E-state index in [1.807, 2.05) is 36.6 Å². The summed E-state index contributed by atoms with van der Waals surface area (Å²) >= 11 is 1.40. The summed E-state index contributed by atoms with van der Waals surface area (Å²) in [5.41, 5.74) is 0.724. The first-order chi connectivity index (χ1) is 12.7. The lowest BCUT2D eigenvalue weighted by Crippen LogP contribution is -2.43. The zero-order chi connectivity index (χ0) is 18.4. The van der Waals surface area contributed by atoms with Crippen LogP contribution in [0, 0.1) is 5.92 Å². The van der Waals surface area contributed by atoms with Crippen molar-refractivity contribution in [2.45, 2.75) is 19.8 Å². The van der Waals surface area contributed by atoms with Crippen molar-refractivity contribution in [2.24, 2.45) is 5.92 Å². The van der Waals surface area contributed by atoms with Gasteiger partial charge in [0.1, 0.15) is 5.75 Å². The fourth-order valence-electron chi connectivity index (χ4n) is 2.84. The number of likely N-dealkylation sites (tertiary alicyclic amines) is 1. The Morgan fingerprint density at radius 3 is 2.58 bits per heavy atom. The molecule has 0 spiro atoms. The third kappa shape index (κ3) is 4.72. The predicted molar refractivity (Wildman–Crippen MR) is 102 cm³/mol. The van der Waals surface area contributed by atoms with E-state index in [4.69, 9.17) is 4.74 Å². The van der Waals surface area contributed by atoms with Gasteiger partial charge in [0.05, 0.1) is 6.61 Å². The minimum Gasteiger partial charge on any atom is -0.494 e. The lowest BCUT2D eigenvalue weighted by Gasteiger charge is -2.31. The van der Waals surface area contributed by atoms with Gasteiger partial charge in [0.2, 0.25) is 5.91 Å². The average molecular weight is 374 g/mol. The van der Waals surface area contributed by atoms with E-state index in [1.54, 1.807) is 11.1 Å². The maximum absolute atomic E-state index is 12.4. The number of amides is 3. The molecule has 0 bridgehead atoms. The molecule has 1 aliphatic heterocycles. The van der Waals surface area contributed by atoms with Crippen LogP contribution in [0.15, 0.2) is 35.8 Å². The zero-order valence-corrected chi connectivity index (χ0v) is 15.4. The summed E-state index contributed by atoms with van der Waals surface area (Å²) in [4.78, 5) is 30.4. The molecule has 2 aromatic rings. The van der Waals surface area contributed by atoms with Crippen LogP contribution in [0.3, 0.4) is 0 Å². The topological polar surface area (TPSA) is 83.6 Å². The van der Waals surface area contributed by atoms with Crippen molar-refractivity contribution in [2.75, 3.05) is 30.3 Å². The van der Waals surface area contributed by atoms with Crippen LogP contribution in [0.2, 0.25) is 0 Å². The molecule has 138 valence electrons. The van der Waals surface area contributed by atoms with Gasteiger partial charge in [0, 0.05) is 36.3 Å². The Kier molecular flexibility index (Phi) is 6.06. The van der Waals surface area contributed by atoms with Crippen molar-refractivity contribution < 1.29 is 14.3 Å². The second-order valence-electron chi connectivity index (χ2n) is 5.98. The number of piperidine rings is 1. The second-order valence-corrected chi connectivity index (χ2v) is 6.87. The standard InChI is InChI=1S/C18H22N4O3S/c1-2-25-15-5-3-14(4-6-15)20-18(24)22-10-7-13(8-11-22)16(23)21-17-19-9-12-26-17/h3-6,9,12-13H,2,7-8,10-11H2,1H3,(H,20,24)(H,19,21,23). The third-order valence-corrected chi connectivity index (χ3v) is 4.92. The van der Waals surface area contributed by atoms with Gasteiger partial charge in [-0.25, -0.2) is 9.78 Å². The van der Waals surface area contributed by atoms with Gasteiger partial charge in [-0.3, -0.25) is 4.79 Å². The third-order valence-electron chi connectivity index (χ3n) is 4.23. The second kappa shape index (κ2) is 8.66. The first kappa shape index (κ1) is 18.2. The van der Waals surface area contributed by atoms with Crippen LogP contribution in [0.4, 0.5) is 15.6 Å². The fraction of sp³-hybridized carbons (Fsp3) is 0.389. The molecule has 8 heteroatoms. The molecule has 1 fully saturated rings. The van der Waals surface area contributed by atoms with Gasteiger partial charge in [-0.1, -0.05) is 0 Å². The number of hydrogen-bond donors (Lipinski definition) is 2. The van der Waals surface area contributed by atoms with Crippen LogP contribution in [-0.2, 0) is 4.79 Å². The maximum Gasteiger partial charge on any atom is 0.321 e. The van der Waals surface area contributed by atoms with E-state index in [0.29, 0.717) is 37.7 Å².